The smallest absolute Gasteiger partial charge is 0.497 e. The third kappa shape index (κ3) is 9.77. The van der Waals surface area contributed by atoms with Crippen LogP contribution in [0.3, 0.4) is 0 Å². The normalized spacial score (nSPS) is 11.0. The van der Waals surface area contributed by atoms with Crippen molar-refractivity contribution in [3.8, 4) is 34.1 Å². The summed E-state index contributed by atoms with van der Waals surface area (Å²) in [5.41, 5.74) is 9.57. The molecule has 0 radical (unpaired) electrons. The van der Waals surface area contributed by atoms with Gasteiger partial charge in [-0.05, 0) is 119 Å². The minimum Gasteiger partial charge on any atom is -0.497 e. The largest absolute Gasteiger partial charge is 0.519 e. The zero-order valence-corrected chi connectivity index (χ0v) is 35.5. The molecule has 0 saturated carbocycles. The van der Waals surface area contributed by atoms with Gasteiger partial charge in [-0.25, -0.2) is 4.79 Å². The molecular weight excluding hydrogens is 785 g/mol. The highest BCUT2D eigenvalue weighted by Crippen LogP contribution is 2.40. The Morgan fingerprint density at radius 2 is 0.778 bits per heavy atom. The molecular formula is C55H46N2O6. The van der Waals surface area contributed by atoms with Gasteiger partial charge in [-0.15, -0.1) is 0 Å². The lowest BCUT2D eigenvalue weighted by Gasteiger charge is -2.26. The van der Waals surface area contributed by atoms with Crippen LogP contribution in [0.15, 0.2) is 206 Å². The van der Waals surface area contributed by atoms with Crippen molar-refractivity contribution in [2.75, 3.05) is 16.9 Å². The van der Waals surface area contributed by atoms with E-state index in [0.29, 0.717) is 17.2 Å². The highest BCUT2D eigenvalue weighted by Gasteiger charge is 2.24. The van der Waals surface area contributed by atoms with E-state index < -0.39 is 6.16 Å². The van der Waals surface area contributed by atoms with E-state index in [1.807, 2.05) is 109 Å². The lowest BCUT2D eigenvalue weighted by atomic mass is 9.78. The van der Waals surface area contributed by atoms with Crippen LogP contribution in [-0.2, 0) is 10.2 Å². The molecule has 63 heavy (non-hydrogen) atoms. The number of para-hydroxylation sites is 2. The number of hydrogen-bond acceptors (Lipinski definition) is 8. The number of anilines is 6. The zero-order valence-electron chi connectivity index (χ0n) is 35.5. The van der Waals surface area contributed by atoms with Gasteiger partial charge in [0.1, 0.15) is 23.0 Å². The number of methoxy groups -OCH3 is 1. The van der Waals surface area contributed by atoms with Crippen LogP contribution in [0.4, 0.5) is 38.9 Å². The highest BCUT2D eigenvalue weighted by atomic mass is 16.7. The monoisotopic (exact) mass is 830 g/mol. The molecule has 0 aliphatic heterocycles. The van der Waals surface area contributed by atoms with E-state index >= 15 is 0 Å². The number of carbonyl (C=O) groups is 2. The van der Waals surface area contributed by atoms with E-state index in [-0.39, 0.29) is 11.4 Å². The Balaban J connectivity index is 0.976. The number of benzene rings is 8. The third-order valence-corrected chi connectivity index (χ3v) is 10.8. The SMILES string of the molecule is COc1cccc(N(c2ccccc2)c2ccc(-c3ccc(N(c4ccccc4)c4cccc(OC(=O)Oc5ccc(C(C)(C)c6ccc(OC(C)=O)cc6)cc5)c4)cc3)cc2)c1. The van der Waals surface area contributed by atoms with Gasteiger partial charge in [-0.2, -0.15) is 0 Å². The summed E-state index contributed by atoms with van der Waals surface area (Å²) in [5, 5.41) is 0. The average Bonchev–Trinajstić information content (AvgIpc) is 3.31. The molecule has 0 aromatic heterocycles. The van der Waals surface area contributed by atoms with E-state index in [2.05, 4.69) is 90.4 Å². The fourth-order valence-corrected chi connectivity index (χ4v) is 7.52. The third-order valence-electron chi connectivity index (χ3n) is 10.8. The van der Waals surface area contributed by atoms with Gasteiger partial charge in [0, 0.05) is 58.6 Å². The number of nitrogens with zero attached hydrogens (tertiary/aromatic N) is 2. The summed E-state index contributed by atoms with van der Waals surface area (Å²) in [6.45, 7) is 5.57. The van der Waals surface area contributed by atoms with Crippen molar-refractivity contribution in [1.82, 2.24) is 0 Å². The predicted octanol–water partition coefficient (Wildman–Crippen LogP) is 14.1. The topological polar surface area (TPSA) is 77.5 Å². The lowest BCUT2D eigenvalue weighted by molar-refractivity contribution is -0.131. The maximum absolute atomic E-state index is 13.1. The fourth-order valence-electron chi connectivity index (χ4n) is 7.52. The molecule has 0 heterocycles. The summed E-state index contributed by atoms with van der Waals surface area (Å²) in [5.74, 6) is 1.61. The van der Waals surface area contributed by atoms with E-state index in [1.54, 1.807) is 37.4 Å². The highest BCUT2D eigenvalue weighted by molar-refractivity contribution is 5.81. The molecule has 8 aromatic rings. The Morgan fingerprint density at radius 3 is 1.22 bits per heavy atom. The van der Waals surface area contributed by atoms with Crippen LogP contribution in [0.1, 0.15) is 31.9 Å². The van der Waals surface area contributed by atoms with Crippen LogP contribution in [0.2, 0.25) is 0 Å². The van der Waals surface area contributed by atoms with E-state index in [9.17, 15) is 9.59 Å². The minimum atomic E-state index is -0.850. The second kappa shape index (κ2) is 18.7. The molecule has 0 unspecified atom stereocenters. The molecule has 8 nitrogen and oxygen atoms in total. The number of carbonyl (C=O) groups excluding carboxylic acids is 2. The standard InChI is InChI=1S/C55H46N2O6/c1-39(58)61-50-33-25-42(26-34-50)55(2,3)43-27-35-51(36-28-43)62-54(59)63-53-20-12-18-49(38-53)57(45-15-9-6-10-16-45)47-31-23-41(24-32-47)40-21-29-46(30-22-40)56(44-13-7-5-8-14-44)48-17-11-19-52(37-48)60-4/h5-38H,1-4H3. The summed E-state index contributed by atoms with van der Waals surface area (Å²) >= 11 is 0. The summed E-state index contributed by atoms with van der Waals surface area (Å²) in [6, 6.07) is 67.5. The Labute approximate surface area is 368 Å². The first-order valence-electron chi connectivity index (χ1n) is 20.6. The lowest BCUT2D eigenvalue weighted by Crippen LogP contribution is -2.19. The van der Waals surface area contributed by atoms with Gasteiger partial charge < -0.3 is 28.7 Å². The van der Waals surface area contributed by atoms with Gasteiger partial charge in [-0.3, -0.25) is 4.79 Å². The van der Waals surface area contributed by atoms with Crippen LogP contribution in [0.25, 0.3) is 11.1 Å². The molecule has 312 valence electrons. The second-order valence-electron chi connectivity index (χ2n) is 15.4. The first-order valence-corrected chi connectivity index (χ1v) is 20.6. The van der Waals surface area contributed by atoms with Crippen molar-refractivity contribution in [3.05, 3.63) is 217 Å². The molecule has 0 bridgehead atoms. The van der Waals surface area contributed by atoms with Crippen molar-refractivity contribution < 1.29 is 28.5 Å². The maximum Gasteiger partial charge on any atom is 0.519 e. The van der Waals surface area contributed by atoms with Crippen molar-refractivity contribution >= 4 is 46.2 Å². The van der Waals surface area contributed by atoms with Crippen LogP contribution in [0, 0.1) is 0 Å². The number of hydrogen-bond donors (Lipinski definition) is 0. The van der Waals surface area contributed by atoms with E-state index in [1.165, 1.54) is 6.92 Å². The Hall–Kier alpha value is -8.10. The van der Waals surface area contributed by atoms with E-state index in [4.69, 9.17) is 18.9 Å². The number of ether oxygens (including phenoxy) is 4. The summed E-state index contributed by atoms with van der Waals surface area (Å²) in [4.78, 5) is 28.8. The predicted molar refractivity (Wildman–Crippen MR) is 251 cm³/mol. The molecule has 8 aromatic carbocycles. The van der Waals surface area contributed by atoms with Crippen LogP contribution >= 0.6 is 0 Å². The Morgan fingerprint density at radius 1 is 0.397 bits per heavy atom. The van der Waals surface area contributed by atoms with Gasteiger partial charge in [0.05, 0.1) is 7.11 Å². The van der Waals surface area contributed by atoms with Gasteiger partial charge in [0.2, 0.25) is 0 Å². The quantitative estimate of drug-likeness (QED) is 0.0646. The number of rotatable bonds is 13. The van der Waals surface area contributed by atoms with Gasteiger partial charge >= 0.3 is 12.1 Å². The molecule has 0 saturated heterocycles. The fraction of sp³-hybridized carbons (Fsp3) is 0.0909. The first-order chi connectivity index (χ1) is 30.6. The van der Waals surface area contributed by atoms with E-state index in [0.717, 1.165) is 62.1 Å². The minimum absolute atomic E-state index is 0.337. The average molecular weight is 831 g/mol. The molecule has 0 spiro atoms. The summed E-state index contributed by atoms with van der Waals surface area (Å²) in [7, 11) is 1.68. The van der Waals surface area contributed by atoms with Gasteiger partial charge in [0.25, 0.3) is 0 Å². The van der Waals surface area contributed by atoms with Crippen molar-refractivity contribution in [3.63, 3.8) is 0 Å². The molecule has 0 aliphatic rings. The maximum atomic E-state index is 13.1. The Kier molecular flexibility index (Phi) is 12.3. The van der Waals surface area contributed by atoms with Crippen LogP contribution in [-0.4, -0.2) is 19.2 Å². The van der Waals surface area contributed by atoms with Crippen LogP contribution in [0.5, 0.6) is 23.0 Å². The number of esters is 1. The molecule has 0 fully saturated rings. The Bertz CT molecular complexity index is 2790. The molecule has 0 amide bonds. The molecule has 8 rings (SSSR count). The molecule has 0 atom stereocenters. The van der Waals surface area contributed by atoms with Gasteiger partial charge in [0.15, 0.2) is 0 Å². The van der Waals surface area contributed by atoms with Gasteiger partial charge in [-0.1, -0.05) is 111 Å². The molecule has 0 aliphatic carbocycles. The van der Waals surface area contributed by atoms with Crippen molar-refractivity contribution in [2.24, 2.45) is 0 Å². The molecule has 8 heteroatoms. The van der Waals surface area contributed by atoms with Crippen molar-refractivity contribution in [1.29, 1.82) is 0 Å². The second-order valence-corrected chi connectivity index (χ2v) is 15.4. The summed E-state index contributed by atoms with van der Waals surface area (Å²) < 4.78 is 22.1. The molecule has 0 N–H and O–H groups in total. The van der Waals surface area contributed by atoms with Crippen molar-refractivity contribution in [2.45, 2.75) is 26.2 Å². The zero-order chi connectivity index (χ0) is 43.8. The first kappa shape index (κ1) is 41.6. The van der Waals surface area contributed by atoms with Crippen LogP contribution < -0.4 is 28.7 Å². The summed E-state index contributed by atoms with van der Waals surface area (Å²) in [6.07, 6.45) is -0.850.